The maximum Gasteiger partial charge on any atom is 0.222 e. The van der Waals surface area contributed by atoms with Crippen molar-refractivity contribution in [1.82, 2.24) is 9.97 Å². The Morgan fingerprint density at radius 2 is 2.33 bits per heavy atom. The van der Waals surface area contributed by atoms with E-state index in [2.05, 4.69) is 37.7 Å². The van der Waals surface area contributed by atoms with Gasteiger partial charge in [-0.25, -0.2) is 4.98 Å². The van der Waals surface area contributed by atoms with Gasteiger partial charge in [-0.2, -0.15) is 4.98 Å². The van der Waals surface area contributed by atoms with Crippen LogP contribution in [0, 0.1) is 11.8 Å². The highest BCUT2D eigenvalue weighted by Gasteiger charge is 2.33. The van der Waals surface area contributed by atoms with Crippen LogP contribution in [0.25, 0.3) is 0 Å². The average molecular weight is 271 g/mol. The highest BCUT2D eigenvalue weighted by Crippen LogP contribution is 2.39. The summed E-state index contributed by atoms with van der Waals surface area (Å²) in [4.78, 5) is 10.3. The second-order valence-electron chi connectivity index (χ2n) is 4.25. The molecule has 1 heterocycles. The van der Waals surface area contributed by atoms with Gasteiger partial charge in [-0.05, 0) is 34.2 Å². The molecule has 2 N–H and O–H groups in total. The minimum atomic E-state index is 0.323. The number of nitrogens with zero attached hydrogens (tertiary/aromatic N) is 3. The van der Waals surface area contributed by atoms with E-state index >= 15 is 0 Å². The van der Waals surface area contributed by atoms with Gasteiger partial charge in [0.05, 0.1) is 4.47 Å². The fourth-order valence-corrected chi connectivity index (χ4v) is 2.22. The van der Waals surface area contributed by atoms with Gasteiger partial charge < -0.3 is 10.6 Å². The summed E-state index contributed by atoms with van der Waals surface area (Å²) in [5.74, 6) is 2.86. The van der Waals surface area contributed by atoms with E-state index < -0.39 is 0 Å². The predicted molar refractivity (Wildman–Crippen MR) is 64.7 cm³/mol. The lowest BCUT2D eigenvalue weighted by Gasteiger charge is -2.19. The molecule has 1 aromatic rings. The van der Waals surface area contributed by atoms with Crippen molar-refractivity contribution in [3.8, 4) is 0 Å². The van der Waals surface area contributed by atoms with Crippen LogP contribution >= 0.6 is 15.9 Å². The molecular weight excluding hydrogens is 256 g/mol. The molecule has 1 fully saturated rings. The Hall–Kier alpha value is -0.840. The zero-order valence-corrected chi connectivity index (χ0v) is 10.5. The zero-order valence-electron chi connectivity index (χ0n) is 8.94. The predicted octanol–water partition coefficient (Wildman–Crippen LogP) is 1.91. The van der Waals surface area contributed by atoms with E-state index in [4.69, 9.17) is 5.73 Å². The summed E-state index contributed by atoms with van der Waals surface area (Å²) in [6.07, 6.45) is 3.02. The third kappa shape index (κ3) is 2.40. The Morgan fingerprint density at radius 1 is 1.67 bits per heavy atom. The SMILES string of the molecule is CC1CC1CN(C)c1nc(N)ncc1Br. The van der Waals surface area contributed by atoms with E-state index in [0.29, 0.717) is 5.95 Å². The van der Waals surface area contributed by atoms with Gasteiger partial charge in [0.2, 0.25) is 5.95 Å². The average Bonchev–Trinajstić information content (AvgIpc) is 2.86. The molecular formula is C10H15BrN4. The Bertz CT molecular complexity index is 368. The van der Waals surface area contributed by atoms with Gasteiger partial charge in [-0.1, -0.05) is 6.92 Å². The second-order valence-corrected chi connectivity index (χ2v) is 5.11. The molecule has 2 rings (SSSR count). The normalized spacial score (nSPS) is 23.9. The smallest absolute Gasteiger partial charge is 0.222 e. The molecule has 0 bridgehead atoms. The molecule has 0 aliphatic heterocycles. The van der Waals surface area contributed by atoms with Crippen molar-refractivity contribution in [3.63, 3.8) is 0 Å². The zero-order chi connectivity index (χ0) is 11.0. The van der Waals surface area contributed by atoms with Crippen molar-refractivity contribution in [2.24, 2.45) is 11.8 Å². The molecule has 1 aliphatic carbocycles. The third-order valence-corrected chi connectivity index (χ3v) is 3.45. The largest absolute Gasteiger partial charge is 0.368 e. The monoisotopic (exact) mass is 270 g/mol. The first-order chi connectivity index (χ1) is 7.08. The van der Waals surface area contributed by atoms with Crippen molar-refractivity contribution in [2.45, 2.75) is 13.3 Å². The van der Waals surface area contributed by atoms with Gasteiger partial charge in [0.25, 0.3) is 0 Å². The van der Waals surface area contributed by atoms with Crippen LogP contribution in [0.3, 0.4) is 0 Å². The van der Waals surface area contributed by atoms with Crippen LogP contribution in [0.2, 0.25) is 0 Å². The summed E-state index contributed by atoms with van der Waals surface area (Å²) >= 11 is 3.43. The van der Waals surface area contributed by atoms with Crippen LogP contribution in [0.4, 0.5) is 11.8 Å². The number of aromatic nitrogens is 2. The summed E-state index contributed by atoms with van der Waals surface area (Å²) in [6, 6.07) is 0. The third-order valence-electron chi connectivity index (χ3n) is 2.89. The van der Waals surface area contributed by atoms with Gasteiger partial charge >= 0.3 is 0 Å². The molecule has 2 unspecified atom stereocenters. The molecule has 1 aliphatic rings. The molecule has 1 saturated carbocycles. The fraction of sp³-hybridized carbons (Fsp3) is 0.600. The molecule has 15 heavy (non-hydrogen) atoms. The van der Waals surface area contributed by atoms with Gasteiger partial charge in [-0.15, -0.1) is 0 Å². The first-order valence-corrected chi connectivity index (χ1v) is 5.86. The molecule has 0 saturated heterocycles. The highest BCUT2D eigenvalue weighted by molar-refractivity contribution is 9.10. The van der Waals surface area contributed by atoms with E-state index in [1.54, 1.807) is 6.20 Å². The standard InChI is InChI=1S/C10H15BrN4/c1-6-3-7(6)5-15(2)9-8(11)4-13-10(12)14-9/h4,6-7H,3,5H2,1-2H3,(H2,12,13,14). The first kappa shape index (κ1) is 10.7. The van der Waals surface area contributed by atoms with Gasteiger partial charge in [0.15, 0.2) is 0 Å². The molecule has 4 nitrogen and oxygen atoms in total. The summed E-state index contributed by atoms with van der Waals surface area (Å²) in [5, 5.41) is 0. The van der Waals surface area contributed by atoms with Crippen LogP contribution in [-0.4, -0.2) is 23.6 Å². The molecule has 0 aromatic carbocycles. The molecule has 0 spiro atoms. The highest BCUT2D eigenvalue weighted by atomic mass is 79.9. The number of rotatable bonds is 3. The number of nitrogens with two attached hydrogens (primary N) is 1. The van der Waals surface area contributed by atoms with Crippen LogP contribution < -0.4 is 10.6 Å². The van der Waals surface area contributed by atoms with Crippen molar-refractivity contribution >= 4 is 27.7 Å². The fourth-order valence-electron chi connectivity index (χ4n) is 1.73. The summed E-state index contributed by atoms with van der Waals surface area (Å²) in [5.41, 5.74) is 5.57. The van der Waals surface area contributed by atoms with E-state index in [1.807, 2.05) is 7.05 Å². The topological polar surface area (TPSA) is 55.0 Å². The van der Waals surface area contributed by atoms with E-state index in [9.17, 15) is 0 Å². The molecule has 1 aromatic heterocycles. The Kier molecular flexibility index (Phi) is 2.82. The Morgan fingerprint density at radius 3 is 2.93 bits per heavy atom. The lowest BCUT2D eigenvalue weighted by atomic mass is 10.3. The van der Waals surface area contributed by atoms with Gasteiger partial charge in [-0.3, -0.25) is 0 Å². The lowest BCUT2D eigenvalue weighted by molar-refractivity contribution is 0.718. The van der Waals surface area contributed by atoms with Crippen LogP contribution in [-0.2, 0) is 0 Å². The molecule has 2 atom stereocenters. The number of nitrogen functional groups attached to an aromatic ring is 1. The maximum absolute atomic E-state index is 5.57. The van der Waals surface area contributed by atoms with Crippen molar-refractivity contribution in [1.29, 1.82) is 0 Å². The van der Waals surface area contributed by atoms with E-state index in [0.717, 1.165) is 28.7 Å². The van der Waals surface area contributed by atoms with Crippen LogP contribution in [0.1, 0.15) is 13.3 Å². The minimum Gasteiger partial charge on any atom is -0.368 e. The quantitative estimate of drug-likeness (QED) is 0.912. The number of hydrogen-bond acceptors (Lipinski definition) is 4. The number of hydrogen-bond donors (Lipinski definition) is 1. The molecule has 82 valence electrons. The van der Waals surface area contributed by atoms with Crippen LogP contribution in [0.15, 0.2) is 10.7 Å². The van der Waals surface area contributed by atoms with Crippen molar-refractivity contribution in [2.75, 3.05) is 24.2 Å². The summed E-state index contributed by atoms with van der Waals surface area (Å²) in [7, 11) is 2.04. The molecule has 0 amide bonds. The number of anilines is 2. The summed E-state index contributed by atoms with van der Waals surface area (Å²) < 4.78 is 0.896. The van der Waals surface area contributed by atoms with E-state index in [-0.39, 0.29) is 0 Å². The maximum atomic E-state index is 5.57. The minimum absolute atomic E-state index is 0.323. The van der Waals surface area contributed by atoms with Crippen LogP contribution in [0.5, 0.6) is 0 Å². The second kappa shape index (κ2) is 3.96. The van der Waals surface area contributed by atoms with Gasteiger partial charge in [0, 0.05) is 19.8 Å². The molecule has 0 radical (unpaired) electrons. The number of halogens is 1. The molecule has 5 heteroatoms. The Balaban J connectivity index is 2.10. The summed E-state index contributed by atoms with van der Waals surface area (Å²) in [6.45, 7) is 3.32. The van der Waals surface area contributed by atoms with Crippen molar-refractivity contribution < 1.29 is 0 Å². The van der Waals surface area contributed by atoms with Gasteiger partial charge in [0.1, 0.15) is 5.82 Å². The van der Waals surface area contributed by atoms with Crippen molar-refractivity contribution in [3.05, 3.63) is 10.7 Å². The first-order valence-electron chi connectivity index (χ1n) is 5.07. The van der Waals surface area contributed by atoms with E-state index in [1.165, 1.54) is 6.42 Å². The lowest BCUT2D eigenvalue weighted by Crippen LogP contribution is -2.22. The Labute approximate surface area is 98.0 Å².